The molecule has 5 rings (SSSR count). The Bertz CT molecular complexity index is 953. The van der Waals surface area contributed by atoms with Gasteiger partial charge < -0.3 is 14.0 Å². The van der Waals surface area contributed by atoms with Gasteiger partial charge >= 0.3 is 0 Å². The van der Waals surface area contributed by atoms with E-state index in [1.54, 1.807) is 0 Å². The molecule has 1 unspecified atom stereocenters. The Morgan fingerprint density at radius 1 is 1.24 bits per heavy atom. The average molecular weight is 336 g/mol. The molecule has 1 saturated heterocycles. The number of para-hydroxylation sites is 1. The molecular weight excluding hydrogens is 316 g/mol. The summed E-state index contributed by atoms with van der Waals surface area (Å²) >= 11 is 0. The monoisotopic (exact) mass is 336 g/mol. The number of likely N-dealkylation sites (tertiary alicyclic amines) is 1. The molecule has 1 aromatic carbocycles. The smallest absolute Gasteiger partial charge is 0.256 e. The summed E-state index contributed by atoms with van der Waals surface area (Å²) in [4.78, 5) is 19.7. The van der Waals surface area contributed by atoms with E-state index in [2.05, 4.69) is 10.1 Å². The molecule has 25 heavy (non-hydrogen) atoms. The van der Waals surface area contributed by atoms with Crippen molar-refractivity contribution in [1.82, 2.24) is 19.6 Å². The van der Waals surface area contributed by atoms with Crippen LogP contribution < -0.4 is 0 Å². The zero-order valence-electron chi connectivity index (χ0n) is 14.2. The molecule has 2 aromatic heterocycles. The zero-order valence-corrected chi connectivity index (χ0v) is 14.2. The fourth-order valence-corrected chi connectivity index (χ4v) is 3.82. The topological polar surface area (TPSA) is 64.2 Å². The fraction of sp³-hybridized carbons (Fsp3) is 0.421. The predicted molar refractivity (Wildman–Crippen MR) is 92.2 cm³/mol. The third kappa shape index (κ3) is 2.35. The highest BCUT2D eigenvalue weighted by Crippen LogP contribution is 2.40. The summed E-state index contributed by atoms with van der Waals surface area (Å²) in [7, 11) is 1.97. The van der Waals surface area contributed by atoms with Gasteiger partial charge in [-0.3, -0.25) is 4.79 Å². The normalized spacial score (nSPS) is 20.5. The van der Waals surface area contributed by atoms with Gasteiger partial charge in [-0.1, -0.05) is 23.4 Å². The van der Waals surface area contributed by atoms with Crippen molar-refractivity contribution in [3.05, 3.63) is 47.7 Å². The number of aromatic nitrogens is 3. The number of aryl methyl sites for hydroxylation is 1. The molecule has 2 fully saturated rings. The van der Waals surface area contributed by atoms with Crippen LogP contribution in [0.5, 0.6) is 0 Å². The summed E-state index contributed by atoms with van der Waals surface area (Å²) in [5.74, 6) is 1.88. The third-order valence-corrected chi connectivity index (χ3v) is 5.32. The summed E-state index contributed by atoms with van der Waals surface area (Å²) < 4.78 is 7.41. The van der Waals surface area contributed by atoms with Gasteiger partial charge in [0.25, 0.3) is 5.91 Å². The van der Waals surface area contributed by atoms with Crippen molar-refractivity contribution in [1.29, 1.82) is 0 Å². The lowest BCUT2D eigenvalue weighted by atomic mass is 10.1. The van der Waals surface area contributed by atoms with E-state index in [9.17, 15) is 4.79 Å². The SMILES string of the molecule is Cn1cc(C(=O)N2CCCC2c2noc(C3CC3)n2)c2ccccc21. The van der Waals surface area contributed by atoms with Crippen molar-refractivity contribution < 1.29 is 9.32 Å². The van der Waals surface area contributed by atoms with Crippen molar-refractivity contribution in [2.45, 2.75) is 37.6 Å². The molecule has 0 radical (unpaired) electrons. The first-order valence-electron chi connectivity index (χ1n) is 8.91. The van der Waals surface area contributed by atoms with Crippen molar-refractivity contribution >= 4 is 16.8 Å². The predicted octanol–water partition coefficient (Wildman–Crippen LogP) is 3.42. The molecule has 128 valence electrons. The minimum atomic E-state index is -0.0808. The lowest BCUT2D eigenvalue weighted by Crippen LogP contribution is -2.31. The molecule has 3 aromatic rings. The van der Waals surface area contributed by atoms with Crippen LogP contribution in [0.1, 0.15) is 59.7 Å². The van der Waals surface area contributed by atoms with Gasteiger partial charge in [-0.15, -0.1) is 0 Å². The Kier molecular flexibility index (Phi) is 3.20. The third-order valence-electron chi connectivity index (χ3n) is 5.32. The van der Waals surface area contributed by atoms with Crippen LogP contribution in [0, 0.1) is 0 Å². The molecule has 2 aliphatic rings. The Labute approximate surface area is 145 Å². The standard InChI is InChI=1S/C19H20N4O2/c1-22-11-14(13-5-2-3-6-15(13)22)19(24)23-10-4-7-16(23)17-20-18(25-21-17)12-8-9-12/h2-3,5-6,11-12,16H,4,7-10H2,1H3. The van der Waals surface area contributed by atoms with Crippen LogP contribution in [0.2, 0.25) is 0 Å². The van der Waals surface area contributed by atoms with E-state index in [-0.39, 0.29) is 11.9 Å². The zero-order chi connectivity index (χ0) is 17.0. The van der Waals surface area contributed by atoms with E-state index < -0.39 is 0 Å². The quantitative estimate of drug-likeness (QED) is 0.735. The lowest BCUT2D eigenvalue weighted by molar-refractivity contribution is 0.0730. The first-order chi connectivity index (χ1) is 12.2. The van der Waals surface area contributed by atoms with E-state index >= 15 is 0 Å². The van der Waals surface area contributed by atoms with Gasteiger partial charge in [0.05, 0.1) is 11.6 Å². The number of amides is 1. The molecule has 6 nitrogen and oxygen atoms in total. The average Bonchev–Trinajstić information content (AvgIpc) is 3.07. The Morgan fingerprint density at radius 2 is 2.08 bits per heavy atom. The summed E-state index contributed by atoms with van der Waals surface area (Å²) in [6.45, 7) is 0.736. The van der Waals surface area contributed by atoms with Crippen molar-refractivity contribution in [2.24, 2.45) is 7.05 Å². The summed E-state index contributed by atoms with van der Waals surface area (Å²) in [5.41, 5.74) is 1.81. The maximum atomic E-state index is 13.2. The van der Waals surface area contributed by atoms with Crippen LogP contribution in [0.4, 0.5) is 0 Å². The number of carbonyl (C=O) groups excluding carboxylic acids is 1. The van der Waals surface area contributed by atoms with E-state index in [0.29, 0.717) is 11.7 Å². The van der Waals surface area contributed by atoms with Crippen molar-refractivity contribution in [2.75, 3.05) is 6.54 Å². The fourth-order valence-electron chi connectivity index (χ4n) is 3.82. The number of hydrogen-bond donors (Lipinski definition) is 0. The first kappa shape index (κ1) is 14.7. The molecule has 1 aliphatic heterocycles. The van der Waals surface area contributed by atoms with Gasteiger partial charge in [-0.05, 0) is 31.7 Å². The number of fused-ring (bicyclic) bond motifs is 1. The van der Waals surface area contributed by atoms with E-state index in [0.717, 1.165) is 54.6 Å². The lowest BCUT2D eigenvalue weighted by Gasteiger charge is -2.21. The van der Waals surface area contributed by atoms with Gasteiger partial charge in [-0.2, -0.15) is 4.98 Å². The number of hydrogen-bond acceptors (Lipinski definition) is 4. The summed E-state index contributed by atoms with van der Waals surface area (Å²) in [6.07, 6.45) is 6.04. The van der Waals surface area contributed by atoms with E-state index in [4.69, 9.17) is 4.52 Å². The highest BCUT2D eigenvalue weighted by Gasteiger charge is 2.37. The summed E-state index contributed by atoms with van der Waals surface area (Å²) in [5, 5.41) is 5.16. The van der Waals surface area contributed by atoms with Crippen LogP contribution in [-0.2, 0) is 7.05 Å². The summed E-state index contributed by atoms with van der Waals surface area (Å²) in [6, 6.07) is 7.93. The second-order valence-corrected chi connectivity index (χ2v) is 7.09. The Balaban J connectivity index is 1.48. The first-order valence-corrected chi connectivity index (χ1v) is 8.91. The van der Waals surface area contributed by atoms with Gasteiger partial charge in [-0.25, -0.2) is 0 Å². The minimum absolute atomic E-state index is 0.0528. The molecular formula is C19H20N4O2. The number of carbonyl (C=O) groups is 1. The Morgan fingerprint density at radius 3 is 2.92 bits per heavy atom. The van der Waals surface area contributed by atoms with Gasteiger partial charge in [0, 0.05) is 36.6 Å². The maximum absolute atomic E-state index is 13.2. The molecule has 1 atom stereocenters. The van der Waals surface area contributed by atoms with E-state index in [1.165, 1.54) is 0 Å². The van der Waals surface area contributed by atoms with Crippen LogP contribution in [0.3, 0.4) is 0 Å². The second kappa shape index (κ2) is 5.44. The molecule has 3 heterocycles. The van der Waals surface area contributed by atoms with Crippen molar-refractivity contribution in [3.8, 4) is 0 Å². The molecule has 0 N–H and O–H groups in total. The largest absolute Gasteiger partial charge is 0.350 e. The van der Waals surface area contributed by atoms with Crippen LogP contribution in [0.25, 0.3) is 10.9 Å². The maximum Gasteiger partial charge on any atom is 0.256 e. The van der Waals surface area contributed by atoms with Gasteiger partial charge in [0.15, 0.2) is 5.82 Å². The molecule has 1 aliphatic carbocycles. The van der Waals surface area contributed by atoms with Crippen LogP contribution >= 0.6 is 0 Å². The van der Waals surface area contributed by atoms with Gasteiger partial charge in [0.1, 0.15) is 0 Å². The molecule has 1 saturated carbocycles. The molecule has 0 spiro atoms. The Hall–Kier alpha value is -2.63. The van der Waals surface area contributed by atoms with Crippen molar-refractivity contribution in [3.63, 3.8) is 0 Å². The second-order valence-electron chi connectivity index (χ2n) is 7.09. The van der Waals surface area contributed by atoms with Gasteiger partial charge in [0.2, 0.25) is 5.89 Å². The van der Waals surface area contributed by atoms with E-state index in [1.807, 2.05) is 47.0 Å². The highest BCUT2D eigenvalue weighted by atomic mass is 16.5. The molecule has 0 bridgehead atoms. The van der Waals surface area contributed by atoms with Crippen LogP contribution in [0.15, 0.2) is 35.0 Å². The number of nitrogens with zero attached hydrogens (tertiary/aromatic N) is 4. The molecule has 1 amide bonds. The number of benzene rings is 1. The number of rotatable bonds is 3. The highest BCUT2D eigenvalue weighted by molar-refractivity contribution is 6.07. The molecule has 6 heteroatoms. The minimum Gasteiger partial charge on any atom is -0.350 e. The van der Waals surface area contributed by atoms with Crippen LogP contribution in [-0.4, -0.2) is 32.1 Å².